The van der Waals surface area contributed by atoms with Gasteiger partial charge in [0, 0.05) is 25.2 Å². The van der Waals surface area contributed by atoms with Crippen LogP contribution in [0.3, 0.4) is 0 Å². The summed E-state index contributed by atoms with van der Waals surface area (Å²) < 4.78 is 0. The van der Waals surface area contributed by atoms with Crippen molar-refractivity contribution in [2.45, 2.75) is 51.6 Å². The summed E-state index contributed by atoms with van der Waals surface area (Å²) in [6.45, 7) is 8.21. The number of piperazine rings is 1. The molecule has 1 fully saturated rings. The lowest BCUT2D eigenvalue weighted by Crippen LogP contribution is -2.55. The molecule has 0 radical (unpaired) electrons. The molecule has 0 spiro atoms. The zero-order valence-corrected chi connectivity index (χ0v) is 12.4. The maximum absolute atomic E-state index is 3.61. The lowest BCUT2D eigenvalue weighted by Gasteiger charge is -2.39. The molecular weight excluding hydrogens is 232 g/mol. The summed E-state index contributed by atoms with van der Waals surface area (Å²) in [6.07, 6.45) is 5.09. The Kier molecular flexibility index (Phi) is 5.87. The zero-order chi connectivity index (χ0) is 13.5. The van der Waals surface area contributed by atoms with Crippen molar-refractivity contribution in [3.63, 3.8) is 0 Å². The van der Waals surface area contributed by atoms with Crippen molar-refractivity contribution in [1.82, 2.24) is 10.2 Å². The smallest absolute Gasteiger partial charge is 0.0221 e. The SMILES string of the molecule is CCCC1CNC(C)CN1CCCc1ccccc1. The van der Waals surface area contributed by atoms with E-state index in [1.54, 1.807) is 0 Å². The largest absolute Gasteiger partial charge is 0.311 e. The van der Waals surface area contributed by atoms with Gasteiger partial charge in [-0.25, -0.2) is 0 Å². The molecule has 106 valence electrons. The lowest BCUT2D eigenvalue weighted by molar-refractivity contribution is 0.126. The average Bonchev–Trinajstić information content (AvgIpc) is 2.43. The highest BCUT2D eigenvalue weighted by Crippen LogP contribution is 2.13. The monoisotopic (exact) mass is 260 g/mol. The van der Waals surface area contributed by atoms with E-state index in [1.807, 2.05) is 0 Å². The molecule has 19 heavy (non-hydrogen) atoms. The minimum absolute atomic E-state index is 0.643. The first-order valence-corrected chi connectivity index (χ1v) is 7.81. The first-order valence-electron chi connectivity index (χ1n) is 7.81. The molecule has 1 saturated heterocycles. The summed E-state index contributed by atoms with van der Waals surface area (Å²) in [5.41, 5.74) is 1.47. The van der Waals surface area contributed by atoms with Crippen LogP contribution >= 0.6 is 0 Å². The summed E-state index contributed by atoms with van der Waals surface area (Å²) in [7, 11) is 0. The lowest BCUT2D eigenvalue weighted by atomic mass is 10.0. The number of aryl methyl sites for hydroxylation is 1. The van der Waals surface area contributed by atoms with Gasteiger partial charge in [-0.05, 0) is 38.3 Å². The van der Waals surface area contributed by atoms with Gasteiger partial charge in [0.2, 0.25) is 0 Å². The van der Waals surface area contributed by atoms with Crippen LogP contribution in [0.1, 0.15) is 38.7 Å². The molecule has 2 rings (SSSR count). The standard InChI is InChI=1S/C17H28N2/c1-3-8-17-13-18-15(2)14-19(17)12-7-11-16-9-5-4-6-10-16/h4-6,9-10,15,17-18H,3,7-8,11-14H2,1-2H3. The molecule has 2 atom stereocenters. The molecule has 0 bridgehead atoms. The fourth-order valence-corrected chi connectivity index (χ4v) is 3.05. The normalized spacial score (nSPS) is 24.5. The van der Waals surface area contributed by atoms with Gasteiger partial charge in [-0.3, -0.25) is 4.90 Å². The van der Waals surface area contributed by atoms with E-state index < -0.39 is 0 Å². The summed E-state index contributed by atoms with van der Waals surface area (Å²) in [5, 5.41) is 3.61. The Morgan fingerprint density at radius 3 is 2.79 bits per heavy atom. The third-order valence-electron chi connectivity index (χ3n) is 4.10. The van der Waals surface area contributed by atoms with Crippen LogP contribution < -0.4 is 5.32 Å². The predicted molar refractivity (Wildman–Crippen MR) is 82.5 cm³/mol. The van der Waals surface area contributed by atoms with E-state index in [1.165, 1.54) is 50.9 Å². The van der Waals surface area contributed by atoms with Crippen LogP contribution in [0.4, 0.5) is 0 Å². The van der Waals surface area contributed by atoms with Crippen molar-refractivity contribution < 1.29 is 0 Å². The molecule has 1 aromatic rings. The van der Waals surface area contributed by atoms with Gasteiger partial charge in [0.1, 0.15) is 0 Å². The predicted octanol–water partition coefficient (Wildman–Crippen LogP) is 3.08. The van der Waals surface area contributed by atoms with Crippen molar-refractivity contribution in [2.75, 3.05) is 19.6 Å². The van der Waals surface area contributed by atoms with Crippen LogP contribution in [-0.4, -0.2) is 36.6 Å². The Balaban J connectivity index is 1.78. The van der Waals surface area contributed by atoms with Gasteiger partial charge in [-0.2, -0.15) is 0 Å². The summed E-state index contributed by atoms with van der Waals surface area (Å²) in [4.78, 5) is 2.70. The van der Waals surface area contributed by atoms with Gasteiger partial charge in [0.25, 0.3) is 0 Å². The van der Waals surface area contributed by atoms with Crippen LogP contribution in [0.2, 0.25) is 0 Å². The topological polar surface area (TPSA) is 15.3 Å². The quantitative estimate of drug-likeness (QED) is 0.845. The summed E-state index contributed by atoms with van der Waals surface area (Å²) >= 11 is 0. The molecule has 1 aromatic carbocycles. The maximum Gasteiger partial charge on any atom is 0.0221 e. The number of hydrogen-bond donors (Lipinski definition) is 1. The number of rotatable bonds is 6. The van der Waals surface area contributed by atoms with Crippen molar-refractivity contribution in [2.24, 2.45) is 0 Å². The Hall–Kier alpha value is -0.860. The zero-order valence-electron chi connectivity index (χ0n) is 12.4. The second-order valence-electron chi connectivity index (χ2n) is 5.84. The fourth-order valence-electron chi connectivity index (χ4n) is 3.05. The molecule has 1 aliphatic heterocycles. The summed E-state index contributed by atoms with van der Waals surface area (Å²) in [6, 6.07) is 12.2. The summed E-state index contributed by atoms with van der Waals surface area (Å²) in [5.74, 6) is 0. The Morgan fingerprint density at radius 2 is 2.05 bits per heavy atom. The van der Waals surface area contributed by atoms with E-state index in [4.69, 9.17) is 0 Å². The van der Waals surface area contributed by atoms with Gasteiger partial charge >= 0.3 is 0 Å². The molecule has 1 heterocycles. The first-order chi connectivity index (χ1) is 9.29. The van der Waals surface area contributed by atoms with Crippen LogP contribution in [0.5, 0.6) is 0 Å². The van der Waals surface area contributed by atoms with Crippen molar-refractivity contribution >= 4 is 0 Å². The van der Waals surface area contributed by atoms with Crippen molar-refractivity contribution in [3.8, 4) is 0 Å². The number of nitrogens with zero attached hydrogens (tertiary/aromatic N) is 1. The molecule has 2 unspecified atom stereocenters. The van der Waals surface area contributed by atoms with Crippen LogP contribution in [0.15, 0.2) is 30.3 Å². The molecule has 2 nitrogen and oxygen atoms in total. The highest BCUT2D eigenvalue weighted by atomic mass is 15.2. The number of nitrogens with one attached hydrogen (secondary N) is 1. The van der Waals surface area contributed by atoms with E-state index in [2.05, 4.69) is 54.4 Å². The minimum atomic E-state index is 0.643. The molecule has 0 aliphatic carbocycles. The molecule has 2 heteroatoms. The van der Waals surface area contributed by atoms with Crippen LogP contribution in [0.25, 0.3) is 0 Å². The Bertz CT molecular complexity index is 350. The minimum Gasteiger partial charge on any atom is -0.311 e. The molecule has 0 aromatic heterocycles. The second-order valence-corrected chi connectivity index (χ2v) is 5.84. The molecule has 0 amide bonds. The van der Waals surface area contributed by atoms with E-state index >= 15 is 0 Å². The first kappa shape index (κ1) is 14.5. The third kappa shape index (κ3) is 4.63. The molecular formula is C17H28N2. The van der Waals surface area contributed by atoms with Crippen LogP contribution in [0, 0.1) is 0 Å². The number of benzene rings is 1. The highest BCUT2D eigenvalue weighted by molar-refractivity contribution is 5.14. The van der Waals surface area contributed by atoms with Crippen molar-refractivity contribution in [3.05, 3.63) is 35.9 Å². The van der Waals surface area contributed by atoms with E-state index in [0.29, 0.717) is 6.04 Å². The van der Waals surface area contributed by atoms with Gasteiger partial charge in [-0.1, -0.05) is 43.7 Å². The molecule has 1 N–H and O–H groups in total. The van der Waals surface area contributed by atoms with Crippen molar-refractivity contribution in [1.29, 1.82) is 0 Å². The van der Waals surface area contributed by atoms with Crippen LogP contribution in [-0.2, 0) is 6.42 Å². The van der Waals surface area contributed by atoms with Gasteiger partial charge in [0.15, 0.2) is 0 Å². The van der Waals surface area contributed by atoms with E-state index in [9.17, 15) is 0 Å². The molecule has 1 aliphatic rings. The van der Waals surface area contributed by atoms with E-state index in [-0.39, 0.29) is 0 Å². The maximum atomic E-state index is 3.61. The van der Waals surface area contributed by atoms with Gasteiger partial charge in [0.05, 0.1) is 0 Å². The fraction of sp³-hybridized carbons (Fsp3) is 0.647. The van der Waals surface area contributed by atoms with Gasteiger partial charge in [-0.15, -0.1) is 0 Å². The number of hydrogen-bond acceptors (Lipinski definition) is 2. The average molecular weight is 260 g/mol. The van der Waals surface area contributed by atoms with Gasteiger partial charge < -0.3 is 5.32 Å². The second kappa shape index (κ2) is 7.66. The third-order valence-corrected chi connectivity index (χ3v) is 4.10. The highest BCUT2D eigenvalue weighted by Gasteiger charge is 2.24. The Labute approximate surface area is 118 Å². The van der Waals surface area contributed by atoms with E-state index in [0.717, 1.165) is 6.04 Å². The Morgan fingerprint density at radius 1 is 1.26 bits per heavy atom. The molecule has 0 saturated carbocycles.